The molecule has 3 heterocycles. The minimum Gasteiger partial charge on any atom is -0.461 e. The summed E-state index contributed by atoms with van der Waals surface area (Å²) in [7, 11) is 0. The van der Waals surface area contributed by atoms with E-state index in [0.29, 0.717) is 32.4 Å². The van der Waals surface area contributed by atoms with Gasteiger partial charge in [-0.15, -0.1) is 0 Å². The highest BCUT2D eigenvalue weighted by Gasteiger charge is 2.39. The first-order valence-corrected chi connectivity index (χ1v) is 9.92. The first kappa shape index (κ1) is 18.5. The Kier molecular flexibility index (Phi) is 5.32. The maximum atomic E-state index is 13.0. The molecule has 1 N–H and O–H groups in total. The van der Waals surface area contributed by atoms with Gasteiger partial charge in [0.1, 0.15) is 17.4 Å². The molecule has 2 atom stereocenters. The lowest BCUT2D eigenvalue weighted by molar-refractivity contribution is -0.143. The van der Waals surface area contributed by atoms with Crippen LogP contribution in [0.15, 0.2) is 39.9 Å². The van der Waals surface area contributed by atoms with Crippen LogP contribution in [0.1, 0.15) is 37.9 Å². The zero-order valence-electron chi connectivity index (χ0n) is 15.8. The van der Waals surface area contributed by atoms with Crippen LogP contribution in [0.25, 0.3) is 11.0 Å². The van der Waals surface area contributed by atoms with Gasteiger partial charge in [0.15, 0.2) is 0 Å². The topological polar surface area (TPSA) is 86.4 Å². The molecule has 0 spiro atoms. The molecule has 7 heteroatoms. The molecular formula is C21H25N3O4. The smallest absolute Gasteiger partial charge is 0.245 e. The van der Waals surface area contributed by atoms with Crippen LogP contribution in [0.5, 0.6) is 0 Å². The molecule has 0 saturated carbocycles. The molecule has 0 bridgehead atoms. The van der Waals surface area contributed by atoms with Crippen molar-refractivity contribution in [2.75, 3.05) is 13.1 Å². The number of benzene rings is 1. The van der Waals surface area contributed by atoms with Gasteiger partial charge in [0.05, 0.1) is 12.3 Å². The molecule has 2 aliphatic rings. The Morgan fingerprint density at radius 1 is 1.18 bits per heavy atom. The number of hydrogen-bond acceptors (Lipinski definition) is 5. The Morgan fingerprint density at radius 2 is 1.96 bits per heavy atom. The maximum Gasteiger partial charge on any atom is 0.245 e. The third-order valence-electron chi connectivity index (χ3n) is 5.74. The average molecular weight is 383 g/mol. The highest BCUT2D eigenvalue weighted by Crippen LogP contribution is 2.26. The Labute approximate surface area is 163 Å². The molecule has 0 unspecified atom stereocenters. The summed E-state index contributed by atoms with van der Waals surface area (Å²) in [5, 5.41) is 13.0. The summed E-state index contributed by atoms with van der Waals surface area (Å²) in [5.41, 5.74) is 0.824. The monoisotopic (exact) mass is 383 g/mol. The van der Waals surface area contributed by atoms with Gasteiger partial charge in [0.2, 0.25) is 11.8 Å². The fourth-order valence-corrected chi connectivity index (χ4v) is 4.35. The van der Waals surface area contributed by atoms with Crippen molar-refractivity contribution in [2.24, 2.45) is 5.16 Å². The van der Waals surface area contributed by atoms with Crippen LogP contribution >= 0.6 is 0 Å². The van der Waals surface area contributed by atoms with E-state index in [2.05, 4.69) is 5.16 Å². The third-order valence-corrected chi connectivity index (χ3v) is 5.74. The highest BCUT2D eigenvalue weighted by atomic mass is 16.4. The molecule has 4 rings (SSSR count). The van der Waals surface area contributed by atoms with E-state index < -0.39 is 6.04 Å². The lowest BCUT2D eigenvalue weighted by Crippen LogP contribution is -2.49. The maximum absolute atomic E-state index is 13.0. The summed E-state index contributed by atoms with van der Waals surface area (Å²) in [4.78, 5) is 29.3. The molecular weight excluding hydrogens is 358 g/mol. The molecule has 28 heavy (non-hydrogen) atoms. The van der Waals surface area contributed by atoms with Crippen LogP contribution in [0, 0.1) is 0 Å². The van der Waals surface area contributed by atoms with E-state index >= 15 is 0 Å². The Bertz CT molecular complexity index is 858. The van der Waals surface area contributed by atoms with Crippen LogP contribution in [-0.4, -0.2) is 58.2 Å². The Morgan fingerprint density at radius 3 is 2.79 bits per heavy atom. The number of carbonyl (C=O) groups is 2. The quantitative estimate of drug-likeness (QED) is 0.489. The van der Waals surface area contributed by atoms with Crippen molar-refractivity contribution in [2.45, 2.75) is 50.6 Å². The standard InChI is InChI=1S/C21H25N3O4/c25-20(10-9-17-13-15-5-1-2-8-19(15)28-17)24-12-4-7-18(24)21(26)23-11-3-6-16(23)14-22-27/h1-2,5,8,13-14,16,18,27H,3-4,6-7,9-12H2/t16-,18+/m0/s1. The van der Waals surface area contributed by atoms with Gasteiger partial charge in [-0.25, -0.2) is 0 Å². The molecule has 1 aromatic heterocycles. The molecule has 2 amide bonds. The molecule has 2 aromatic rings. The molecule has 1 aromatic carbocycles. The fourth-order valence-electron chi connectivity index (χ4n) is 4.35. The number of aryl methyl sites for hydroxylation is 1. The highest BCUT2D eigenvalue weighted by molar-refractivity contribution is 5.90. The van der Waals surface area contributed by atoms with Gasteiger partial charge in [-0.3, -0.25) is 9.59 Å². The number of furan rings is 1. The molecule has 2 aliphatic heterocycles. The fraction of sp³-hybridized carbons (Fsp3) is 0.476. The van der Waals surface area contributed by atoms with Gasteiger partial charge < -0.3 is 19.4 Å². The zero-order chi connectivity index (χ0) is 19.5. The van der Waals surface area contributed by atoms with E-state index in [0.717, 1.165) is 36.0 Å². The molecule has 2 saturated heterocycles. The van der Waals surface area contributed by atoms with Gasteiger partial charge >= 0.3 is 0 Å². The number of hydrogen-bond donors (Lipinski definition) is 1. The number of carbonyl (C=O) groups excluding carboxylic acids is 2. The van der Waals surface area contributed by atoms with Gasteiger partial charge in [-0.05, 0) is 37.8 Å². The largest absolute Gasteiger partial charge is 0.461 e. The van der Waals surface area contributed by atoms with Crippen LogP contribution < -0.4 is 0 Å². The Hall–Kier alpha value is -2.83. The summed E-state index contributed by atoms with van der Waals surface area (Å²) in [6, 6.07) is 9.17. The van der Waals surface area contributed by atoms with E-state index in [9.17, 15) is 9.59 Å². The normalized spacial score (nSPS) is 22.6. The number of oxime groups is 1. The number of fused-ring (bicyclic) bond motifs is 1. The van der Waals surface area contributed by atoms with Crippen molar-refractivity contribution in [3.63, 3.8) is 0 Å². The van der Waals surface area contributed by atoms with E-state index in [4.69, 9.17) is 9.62 Å². The van der Waals surface area contributed by atoms with Crippen molar-refractivity contribution in [3.8, 4) is 0 Å². The summed E-state index contributed by atoms with van der Waals surface area (Å²) < 4.78 is 5.79. The first-order valence-electron chi connectivity index (χ1n) is 9.92. The molecule has 7 nitrogen and oxygen atoms in total. The predicted octanol–water partition coefficient (Wildman–Crippen LogP) is 2.81. The molecule has 148 valence electrons. The van der Waals surface area contributed by atoms with Gasteiger partial charge in [0, 0.05) is 31.3 Å². The summed E-state index contributed by atoms with van der Waals surface area (Å²) in [6.45, 7) is 1.26. The second kappa shape index (κ2) is 8.04. The van der Waals surface area contributed by atoms with E-state index in [1.165, 1.54) is 6.21 Å². The molecule has 2 fully saturated rings. The average Bonchev–Trinajstić information content (AvgIpc) is 3.44. The summed E-state index contributed by atoms with van der Waals surface area (Å²) in [6.07, 6.45) is 5.46. The number of para-hydroxylation sites is 1. The number of likely N-dealkylation sites (tertiary alicyclic amines) is 2. The van der Waals surface area contributed by atoms with E-state index in [1.807, 2.05) is 30.3 Å². The Balaban J connectivity index is 1.39. The molecule has 0 aliphatic carbocycles. The van der Waals surface area contributed by atoms with Crippen molar-refractivity contribution in [3.05, 3.63) is 36.1 Å². The minimum absolute atomic E-state index is 0.0112. The van der Waals surface area contributed by atoms with Crippen LogP contribution in [0.2, 0.25) is 0 Å². The van der Waals surface area contributed by atoms with E-state index in [-0.39, 0.29) is 17.9 Å². The second-order valence-electron chi connectivity index (χ2n) is 7.50. The first-order chi connectivity index (χ1) is 13.7. The number of nitrogens with zero attached hydrogens (tertiary/aromatic N) is 3. The predicted molar refractivity (Wildman–Crippen MR) is 104 cm³/mol. The van der Waals surface area contributed by atoms with Crippen molar-refractivity contribution < 1.29 is 19.2 Å². The lowest BCUT2D eigenvalue weighted by atomic mass is 10.1. The van der Waals surface area contributed by atoms with Crippen LogP contribution in [-0.2, 0) is 16.0 Å². The van der Waals surface area contributed by atoms with Crippen molar-refractivity contribution in [1.29, 1.82) is 0 Å². The zero-order valence-corrected chi connectivity index (χ0v) is 15.8. The SMILES string of the molecule is O=C([C@H]1CCCN1C(=O)CCc1cc2ccccc2o1)N1CCC[C@H]1C=NO. The molecule has 0 radical (unpaired) electrons. The van der Waals surface area contributed by atoms with Crippen LogP contribution in [0.3, 0.4) is 0 Å². The van der Waals surface area contributed by atoms with Gasteiger partial charge in [-0.2, -0.15) is 0 Å². The second-order valence-corrected chi connectivity index (χ2v) is 7.50. The number of amides is 2. The van der Waals surface area contributed by atoms with Crippen molar-refractivity contribution >= 4 is 29.0 Å². The van der Waals surface area contributed by atoms with Crippen molar-refractivity contribution in [1.82, 2.24) is 9.80 Å². The lowest BCUT2D eigenvalue weighted by Gasteiger charge is -2.30. The number of rotatable bonds is 5. The van der Waals surface area contributed by atoms with Gasteiger partial charge in [-0.1, -0.05) is 23.4 Å². The summed E-state index contributed by atoms with van der Waals surface area (Å²) >= 11 is 0. The van der Waals surface area contributed by atoms with E-state index in [1.54, 1.807) is 9.80 Å². The van der Waals surface area contributed by atoms with Crippen LogP contribution in [0.4, 0.5) is 0 Å². The summed E-state index contributed by atoms with van der Waals surface area (Å²) in [5.74, 6) is 0.746. The van der Waals surface area contributed by atoms with Gasteiger partial charge in [0.25, 0.3) is 0 Å². The minimum atomic E-state index is -0.407. The third kappa shape index (κ3) is 3.61.